The van der Waals surface area contributed by atoms with Gasteiger partial charge in [0, 0.05) is 40.2 Å². The van der Waals surface area contributed by atoms with Crippen molar-refractivity contribution in [2.75, 3.05) is 13.2 Å². The minimum Gasteiger partial charge on any atom is -0.472 e. The number of furan rings is 1. The highest BCUT2D eigenvalue weighted by molar-refractivity contribution is 6.18. The molecule has 5 rings (SSSR count). The van der Waals surface area contributed by atoms with Crippen molar-refractivity contribution in [3.8, 4) is 11.1 Å². The Bertz CT molecular complexity index is 1450. The molecule has 7 heteroatoms. The van der Waals surface area contributed by atoms with E-state index in [1.807, 2.05) is 38.1 Å². The van der Waals surface area contributed by atoms with Gasteiger partial charge in [0.25, 0.3) is 5.91 Å². The smallest absolute Gasteiger partial charge is 0.341 e. The Morgan fingerprint density at radius 1 is 1.11 bits per heavy atom. The molecule has 1 aliphatic heterocycles. The number of benzene rings is 2. The second kappa shape index (κ2) is 8.58. The zero-order valence-corrected chi connectivity index (χ0v) is 19.7. The van der Waals surface area contributed by atoms with Crippen LogP contribution in [0.3, 0.4) is 0 Å². The number of aromatic amines is 1. The quantitative estimate of drug-likeness (QED) is 0.375. The fourth-order valence-electron chi connectivity index (χ4n) is 4.73. The number of carbonyl (C=O) groups excluding carboxylic acids is 2. The Kier molecular flexibility index (Phi) is 5.55. The monoisotopic (exact) mass is 472 g/mol. The maximum absolute atomic E-state index is 13.4. The topological polar surface area (TPSA) is 75.5 Å². The van der Waals surface area contributed by atoms with Crippen molar-refractivity contribution in [2.45, 2.75) is 26.2 Å². The lowest BCUT2D eigenvalue weighted by Crippen LogP contribution is -2.36. The molecular formula is C28H25FN2O4. The Hall–Kier alpha value is -4.13. The summed E-state index contributed by atoms with van der Waals surface area (Å²) in [7, 11) is 0. The molecule has 0 fully saturated rings. The van der Waals surface area contributed by atoms with Crippen molar-refractivity contribution in [2.24, 2.45) is 0 Å². The van der Waals surface area contributed by atoms with Crippen molar-refractivity contribution < 1.29 is 23.1 Å². The summed E-state index contributed by atoms with van der Waals surface area (Å²) in [6.45, 7) is 6.33. The second-order valence-electron chi connectivity index (χ2n) is 9.23. The number of rotatable bonds is 4. The van der Waals surface area contributed by atoms with Gasteiger partial charge < -0.3 is 19.0 Å². The van der Waals surface area contributed by atoms with Gasteiger partial charge in [-0.3, -0.25) is 4.79 Å². The van der Waals surface area contributed by atoms with E-state index in [-0.39, 0.29) is 18.1 Å². The van der Waals surface area contributed by atoms with E-state index in [9.17, 15) is 14.0 Å². The number of H-pyrrole nitrogens is 1. The maximum atomic E-state index is 13.4. The SMILES string of the molecule is CCOC(=O)C1=CN(C(=O)c2ccc(F)cc2)CC(C)(C)c2c1[nH]c1cc(-c3ccoc3)ccc21. The molecule has 1 amide bonds. The van der Waals surface area contributed by atoms with E-state index < -0.39 is 17.2 Å². The first kappa shape index (κ1) is 22.7. The van der Waals surface area contributed by atoms with Crippen LogP contribution < -0.4 is 0 Å². The molecule has 6 nitrogen and oxygen atoms in total. The molecule has 0 spiro atoms. The highest BCUT2D eigenvalue weighted by Crippen LogP contribution is 2.41. The van der Waals surface area contributed by atoms with Crippen LogP contribution in [-0.2, 0) is 14.9 Å². The molecule has 1 aliphatic rings. The lowest BCUT2D eigenvalue weighted by atomic mass is 9.81. The summed E-state index contributed by atoms with van der Waals surface area (Å²) in [4.78, 5) is 31.4. The van der Waals surface area contributed by atoms with Crippen molar-refractivity contribution in [3.05, 3.63) is 89.9 Å². The molecule has 0 unspecified atom stereocenters. The highest BCUT2D eigenvalue weighted by atomic mass is 19.1. The Morgan fingerprint density at radius 3 is 2.57 bits per heavy atom. The van der Waals surface area contributed by atoms with E-state index in [0.29, 0.717) is 17.8 Å². The Labute approximate surface area is 202 Å². The van der Waals surface area contributed by atoms with Crippen molar-refractivity contribution in [1.29, 1.82) is 0 Å². The molecule has 0 atom stereocenters. The molecule has 2 aromatic heterocycles. The van der Waals surface area contributed by atoms with Crippen molar-refractivity contribution >= 4 is 28.4 Å². The van der Waals surface area contributed by atoms with E-state index in [1.54, 1.807) is 25.7 Å². The molecule has 178 valence electrons. The first-order valence-electron chi connectivity index (χ1n) is 11.4. The molecule has 1 N–H and O–H groups in total. The number of halogens is 1. The van der Waals surface area contributed by atoms with E-state index in [2.05, 4.69) is 4.98 Å². The average Bonchev–Trinajstić information content (AvgIpc) is 3.47. The van der Waals surface area contributed by atoms with Gasteiger partial charge in [-0.15, -0.1) is 0 Å². The number of nitrogens with one attached hydrogen (secondary N) is 1. The zero-order valence-electron chi connectivity index (χ0n) is 19.7. The number of hydrogen-bond acceptors (Lipinski definition) is 4. The molecule has 0 radical (unpaired) electrons. The number of nitrogens with zero attached hydrogens (tertiary/aromatic N) is 1. The van der Waals surface area contributed by atoms with Gasteiger partial charge in [0.2, 0.25) is 0 Å². The largest absolute Gasteiger partial charge is 0.472 e. The minimum atomic E-state index is -0.523. The van der Waals surface area contributed by atoms with Crippen LogP contribution in [0.25, 0.3) is 27.6 Å². The maximum Gasteiger partial charge on any atom is 0.341 e. The fourth-order valence-corrected chi connectivity index (χ4v) is 4.73. The standard InChI is InChI=1S/C28H25FN2O4/c1-4-35-27(33)22-14-31(26(32)17-5-8-20(29)9-6-17)16-28(2,3)24-21-10-7-18(19-11-12-34-15-19)13-23(21)30-25(22)24/h5-15,30H,4,16H2,1-3H3. The summed E-state index contributed by atoms with van der Waals surface area (Å²) in [5.41, 5.74) is 4.44. The van der Waals surface area contributed by atoms with Gasteiger partial charge >= 0.3 is 5.97 Å². The molecule has 2 aromatic carbocycles. The molecular weight excluding hydrogens is 447 g/mol. The number of carbonyl (C=O) groups is 2. The number of esters is 1. The highest BCUT2D eigenvalue weighted by Gasteiger charge is 2.37. The van der Waals surface area contributed by atoms with E-state index >= 15 is 0 Å². The molecule has 0 bridgehead atoms. The van der Waals surface area contributed by atoms with Gasteiger partial charge in [-0.05, 0) is 54.4 Å². The van der Waals surface area contributed by atoms with Gasteiger partial charge in [0.15, 0.2) is 0 Å². The van der Waals surface area contributed by atoms with E-state index in [4.69, 9.17) is 9.15 Å². The van der Waals surface area contributed by atoms with Gasteiger partial charge in [-0.1, -0.05) is 26.0 Å². The van der Waals surface area contributed by atoms with Gasteiger partial charge in [-0.2, -0.15) is 0 Å². The predicted octanol–water partition coefficient (Wildman–Crippen LogP) is 5.90. The van der Waals surface area contributed by atoms with Crippen LogP contribution in [-0.4, -0.2) is 34.9 Å². The first-order valence-corrected chi connectivity index (χ1v) is 11.4. The summed E-state index contributed by atoms with van der Waals surface area (Å²) in [5, 5.41) is 0.962. The average molecular weight is 473 g/mol. The zero-order chi connectivity index (χ0) is 24.7. The Balaban J connectivity index is 1.67. The van der Waals surface area contributed by atoms with Gasteiger partial charge in [0.05, 0.1) is 30.4 Å². The van der Waals surface area contributed by atoms with Crippen LogP contribution in [0.4, 0.5) is 4.39 Å². The third-order valence-electron chi connectivity index (χ3n) is 6.30. The molecule has 35 heavy (non-hydrogen) atoms. The van der Waals surface area contributed by atoms with E-state index in [0.717, 1.165) is 27.6 Å². The third-order valence-corrected chi connectivity index (χ3v) is 6.30. The molecule has 4 aromatic rings. The fraction of sp³-hybridized carbons (Fsp3) is 0.214. The van der Waals surface area contributed by atoms with Gasteiger partial charge in [-0.25, -0.2) is 9.18 Å². The van der Waals surface area contributed by atoms with Crippen molar-refractivity contribution in [1.82, 2.24) is 9.88 Å². The van der Waals surface area contributed by atoms with Crippen LogP contribution in [0.15, 0.2) is 71.7 Å². The number of ether oxygens (including phenoxy) is 1. The normalized spacial score (nSPS) is 14.9. The van der Waals surface area contributed by atoms with E-state index in [1.165, 1.54) is 29.2 Å². The van der Waals surface area contributed by atoms with Crippen LogP contribution in [0, 0.1) is 5.82 Å². The predicted molar refractivity (Wildman–Crippen MR) is 131 cm³/mol. The van der Waals surface area contributed by atoms with Crippen LogP contribution >= 0.6 is 0 Å². The molecule has 3 heterocycles. The van der Waals surface area contributed by atoms with Gasteiger partial charge in [0.1, 0.15) is 5.82 Å². The van der Waals surface area contributed by atoms with Crippen LogP contribution in [0.5, 0.6) is 0 Å². The van der Waals surface area contributed by atoms with Crippen LogP contribution in [0.1, 0.15) is 42.4 Å². The minimum absolute atomic E-state index is 0.200. The van der Waals surface area contributed by atoms with Crippen molar-refractivity contribution in [3.63, 3.8) is 0 Å². The summed E-state index contributed by atoms with van der Waals surface area (Å²) in [6, 6.07) is 13.3. The summed E-state index contributed by atoms with van der Waals surface area (Å²) < 4.78 is 24.0. The lowest BCUT2D eigenvalue weighted by Gasteiger charge is -2.29. The second-order valence-corrected chi connectivity index (χ2v) is 9.23. The number of fused-ring (bicyclic) bond motifs is 3. The lowest BCUT2D eigenvalue weighted by molar-refractivity contribution is -0.136. The summed E-state index contributed by atoms with van der Waals surface area (Å²) in [5.74, 6) is -1.27. The number of amides is 1. The first-order chi connectivity index (χ1) is 16.8. The summed E-state index contributed by atoms with van der Waals surface area (Å²) >= 11 is 0. The van der Waals surface area contributed by atoms with Crippen LogP contribution in [0.2, 0.25) is 0 Å². The molecule has 0 aliphatic carbocycles. The third kappa shape index (κ3) is 4.03. The molecule has 0 saturated heterocycles. The number of hydrogen-bond donors (Lipinski definition) is 1. The summed E-state index contributed by atoms with van der Waals surface area (Å²) in [6.07, 6.45) is 4.85. The Morgan fingerprint density at radius 2 is 1.89 bits per heavy atom. The number of aromatic nitrogens is 1. The molecule has 0 saturated carbocycles.